The van der Waals surface area contributed by atoms with Crippen molar-refractivity contribution >= 4 is 11.6 Å². The predicted octanol–water partition coefficient (Wildman–Crippen LogP) is 2.39. The Morgan fingerprint density at radius 1 is 1.48 bits per heavy atom. The summed E-state index contributed by atoms with van der Waals surface area (Å²) in [6, 6.07) is 2.83. The van der Waals surface area contributed by atoms with Crippen LogP contribution < -0.4 is 0 Å². The van der Waals surface area contributed by atoms with Crippen molar-refractivity contribution in [2.45, 2.75) is 25.3 Å². The molecule has 0 unspecified atom stereocenters. The molecule has 0 aliphatic heterocycles. The Morgan fingerprint density at radius 3 is 2.67 bits per heavy atom. The first kappa shape index (κ1) is 14.8. The summed E-state index contributed by atoms with van der Waals surface area (Å²) in [7, 11) is 0. The molecule has 0 heterocycles. The lowest BCUT2D eigenvalue weighted by molar-refractivity contribution is -0.387. The van der Waals surface area contributed by atoms with Crippen LogP contribution in [-0.4, -0.2) is 28.3 Å². The minimum absolute atomic E-state index is 0.0568. The van der Waals surface area contributed by atoms with Gasteiger partial charge in [-0.25, -0.2) is 4.39 Å². The fourth-order valence-corrected chi connectivity index (χ4v) is 2.02. The molecule has 6 nitrogen and oxygen atoms in total. The lowest BCUT2D eigenvalue weighted by Crippen LogP contribution is -2.34. The number of amides is 1. The van der Waals surface area contributed by atoms with E-state index in [4.69, 9.17) is 5.26 Å². The summed E-state index contributed by atoms with van der Waals surface area (Å²) >= 11 is 0. The van der Waals surface area contributed by atoms with Crippen LogP contribution in [0.15, 0.2) is 12.1 Å². The van der Waals surface area contributed by atoms with Gasteiger partial charge in [-0.3, -0.25) is 14.9 Å². The second kappa shape index (κ2) is 5.83. The van der Waals surface area contributed by atoms with E-state index in [2.05, 4.69) is 0 Å². The number of carbonyl (C=O) groups excluding carboxylic acids is 1. The van der Waals surface area contributed by atoms with E-state index in [0.717, 1.165) is 12.8 Å². The number of rotatable bonds is 5. The molecule has 1 aliphatic carbocycles. The molecule has 1 aromatic carbocycles. The zero-order valence-corrected chi connectivity index (χ0v) is 10.9. The van der Waals surface area contributed by atoms with Gasteiger partial charge in [0.15, 0.2) is 0 Å². The molecule has 0 spiro atoms. The van der Waals surface area contributed by atoms with Crippen molar-refractivity contribution in [2.75, 3.05) is 6.54 Å². The highest BCUT2D eigenvalue weighted by Crippen LogP contribution is 2.30. The molecule has 1 fully saturated rings. The van der Waals surface area contributed by atoms with E-state index in [1.807, 2.05) is 6.07 Å². The van der Waals surface area contributed by atoms with Gasteiger partial charge in [0.2, 0.25) is 5.82 Å². The topological polar surface area (TPSA) is 87.2 Å². The lowest BCUT2D eigenvalue weighted by Gasteiger charge is -2.21. The Kier molecular flexibility index (Phi) is 4.12. The average Bonchev–Trinajstić information content (AvgIpc) is 3.25. The van der Waals surface area contributed by atoms with E-state index in [1.54, 1.807) is 0 Å². The van der Waals surface area contributed by atoms with E-state index in [-0.39, 0.29) is 19.0 Å². The second-order valence-corrected chi connectivity index (χ2v) is 4.68. The Labute approximate surface area is 118 Å². The van der Waals surface area contributed by atoms with Crippen LogP contribution in [0.4, 0.5) is 14.5 Å². The van der Waals surface area contributed by atoms with Gasteiger partial charge in [-0.05, 0) is 18.9 Å². The monoisotopic (exact) mass is 295 g/mol. The first-order chi connectivity index (χ1) is 9.95. The van der Waals surface area contributed by atoms with Crippen molar-refractivity contribution in [3.8, 4) is 6.07 Å². The van der Waals surface area contributed by atoms with E-state index in [0.29, 0.717) is 12.1 Å². The number of nitriles is 1. The van der Waals surface area contributed by atoms with Gasteiger partial charge in [-0.2, -0.15) is 9.65 Å². The van der Waals surface area contributed by atoms with Crippen molar-refractivity contribution in [3.63, 3.8) is 0 Å². The fourth-order valence-electron chi connectivity index (χ4n) is 2.02. The number of halogens is 2. The maximum atomic E-state index is 14.0. The highest BCUT2D eigenvalue weighted by atomic mass is 19.1. The molecule has 1 saturated carbocycles. The third kappa shape index (κ3) is 3.13. The smallest absolute Gasteiger partial charge is 0.308 e. The Bertz CT molecular complexity index is 638. The van der Waals surface area contributed by atoms with Crippen LogP contribution in [-0.2, 0) is 0 Å². The van der Waals surface area contributed by atoms with Crippen LogP contribution in [0.25, 0.3) is 0 Å². The lowest BCUT2D eigenvalue weighted by atomic mass is 10.1. The van der Waals surface area contributed by atoms with Crippen LogP contribution in [0, 0.1) is 33.1 Å². The normalized spacial score (nSPS) is 13.6. The number of carbonyl (C=O) groups is 1. The Morgan fingerprint density at radius 2 is 2.14 bits per heavy atom. The number of nitro benzene ring substituents is 1. The van der Waals surface area contributed by atoms with Gasteiger partial charge < -0.3 is 4.90 Å². The van der Waals surface area contributed by atoms with Crippen molar-refractivity contribution < 1.29 is 18.5 Å². The van der Waals surface area contributed by atoms with Crippen LogP contribution in [0.1, 0.15) is 29.6 Å². The van der Waals surface area contributed by atoms with E-state index < -0.39 is 33.7 Å². The number of nitro groups is 1. The van der Waals surface area contributed by atoms with Crippen LogP contribution in [0.2, 0.25) is 0 Å². The van der Waals surface area contributed by atoms with Crippen molar-refractivity contribution in [1.29, 1.82) is 5.26 Å². The molecule has 21 heavy (non-hydrogen) atoms. The molecular formula is C13H11F2N3O3. The molecule has 1 amide bonds. The number of benzene rings is 1. The number of hydrogen-bond donors (Lipinski definition) is 0. The van der Waals surface area contributed by atoms with Crippen LogP contribution in [0.3, 0.4) is 0 Å². The van der Waals surface area contributed by atoms with Gasteiger partial charge in [0.05, 0.1) is 29.0 Å². The van der Waals surface area contributed by atoms with Crippen LogP contribution >= 0.6 is 0 Å². The van der Waals surface area contributed by atoms with Gasteiger partial charge in [-0.15, -0.1) is 0 Å². The third-order valence-electron chi connectivity index (χ3n) is 3.16. The molecule has 8 heteroatoms. The van der Waals surface area contributed by atoms with Gasteiger partial charge in [0.1, 0.15) is 5.82 Å². The SMILES string of the molecule is N#CCCN(C(=O)c1cc(F)cc([N+](=O)[O-])c1F)C1CC1. The first-order valence-corrected chi connectivity index (χ1v) is 6.27. The summed E-state index contributed by atoms with van der Waals surface area (Å²) in [5.41, 5.74) is -1.75. The zero-order valence-electron chi connectivity index (χ0n) is 10.9. The maximum absolute atomic E-state index is 14.0. The van der Waals surface area contributed by atoms with Crippen molar-refractivity contribution in [2.24, 2.45) is 0 Å². The highest BCUT2D eigenvalue weighted by molar-refractivity contribution is 5.95. The molecule has 1 aliphatic rings. The van der Waals surface area contributed by atoms with E-state index >= 15 is 0 Å². The van der Waals surface area contributed by atoms with Crippen molar-refractivity contribution in [3.05, 3.63) is 39.4 Å². The van der Waals surface area contributed by atoms with Crippen molar-refractivity contribution in [1.82, 2.24) is 4.90 Å². The van der Waals surface area contributed by atoms with Gasteiger partial charge in [0, 0.05) is 12.6 Å². The zero-order chi connectivity index (χ0) is 15.6. The molecule has 0 N–H and O–H groups in total. The molecular weight excluding hydrogens is 284 g/mol. The van der Waals surface area contributed by atoms with Gasteiger partial charge in [0.25, 0.3) is 5.91 Å². The molecule has 0 atom stereocenters. The minimum atomic E-state index is -1.35. The van der Waals surface area contributed by atoms with E-state index in [1.165, 1.54) is 4.90 Å². The average molecular weight is 295 g/mol. The first-order valence-electron chi connectivity index (χ1n) is 6.27. The summed E-state index contributed by atoms with van der Waals surface area (Å²) < 4.78 is 27.4. The summed E-state index contributed by atoms with van der Waals surface area (Å²) in [4.78, 5) is 23.1. The summed E-state index contributed by atoms with van der Waals surface area (Å²) in [6.45, 7) is 0.0871. The largest absolute Gasteiger partial charge is 0.335 e. The number of nitrogens with zero attached hydrogens (tertiary/aromatic N) is 3. The van der Waals surface area contributed by atoms with Gasteiger partial charge in [-0.1, -0.05) is 0 Å². The third-order valence-corrected chi connectivity index (χ3v) is 3.16. The summed E-state index contributed by atoms with van der Waals surface area (Å²) in [5, 5.41) is 19.2. The summed E-state index contributed by atoms with van der Waals surface area (Å²) in [6.07, 6.45) is 1.49. The molecule has 0 aromatic heterocycles. The Balaban J connectivity index is 2.37. The fraction of sp³-hybridized carbons (Fsp3) is 0.385. The molecule has 1 aromatic rings. The molecule has 0 saturated heterocycles. The minimum Gasteiger partial charge on any atom is -0.335 e. The molecule has 110 valence electrons. The number of hydrogen-bond acceptors (Lipinski definition) is 4. The molecule has 0 radical (unpaired) electrons. The second-order valence-electron chi connectivity index (χ2n) is 4.68. The van der Waals surface area contributed by atoms with Crippen LogP contribution in [0.5, 0.6) is 0 Å². The Hall–Kier alpha value is -2.56. The molecule has 2 rings (SSSR count). The molecule has 0 bridgehead atoms. The highest BCUT2D eigenvalue weighted by Gasteiger charge is 2.35. The maximum Gasteiger partial charge on any atom is 0.308 e. The standard InChI is InChI=1S/C13H11F2N3O3/c14-8-6-10(12(15)11(7-8)18(20)21)13(19)17(5-1-4-16)9-2-3-9/h6-7,9H,1-3,5H2. The van der Waals surface area contributed by atoms with E-state index in [9.17, 15) is 23.7 Å². The predicted molar refractivity (Wildman–Crippen MR) is 67.3 cm³/mol. The summed E-state index contributed by atoms with van der Waals surface area (Å²) in [5.74, 6) is -3.23. The quantitative estimate of drug-likeness (QED) is 0.616. The van der Waals surface area contributed by atoms with Gasteiger partial charge >= 0.3 is 5.69 Å².